The van der Waals surface area contributed by atoms with Crippen LogP contribution >= 0.6 is 11.3 Å². The van der Waals surface area contributed by atoms with Gasteiger partial charge in [0, 0.05) is 24.2 Å². The highest BCUT2D eigenvalue weighted by Gasteiger charge is 2.27. The second-order valence-corrected chi connectivity index (χ2v) is 5.39. The molecule has 0 aliphatic carbocycles. The van der Waals surface area contributed by atoms with Crippen LogP contribution in [0, 0.1) is 6.92 Å². The summed E-state index contributed by atoms with van der Waals surface area (Å²) in [4.78, 5) is 18.6. The molecule has 0 bridgehead atoms. The number of hydrogen-bond donors (Lipinski definition) is 0. The molecule has 0 N–H and O–H groups in total. The Labute approximate surface area is 117 Å². The van der Waals surface area contributed by atoms with E-state index in [4.69, 9.17) is 9.47 Å². The van der Waals surface area contributed by atoms with Gasteiger partial charge in [-0.1, -0.05) is 0 Å². The van der Waals surface area contributed by atoms with Crippen molar-refractivity contribution < 1.29 is 14.3 Å². The van der Waals surface area contributed by atoms with E-state index in [9.17, 15) is 4.79 Å². The van der Waals surface area contributed by atoms with Crippen molar-refractivity contribution in [2.24, 2.45) is 0 Å². The molecule has 0 spiro atoms. The number of ether oxygens (including phenoxy) is 2. The standard InChI is InChI=1S/C13H20N2O3S/c1-3-18-12(16)8-11(13-14-10(2)9-19-13)15-4-6-17-7-5-15/h9,11H,3-8H2,1-2H3. The van der Waals surface area contributed by atoms with Gasteiger partial charge in [0.05, 0.1) is 32.3 Å². The lowest BCUT2D eigenvalue weighted by atomic mass is 10.1. The average Bonchev–Trinajstić information content (AvgIpc) is 2.84. The van der Waals surface area contributed by atoms with E-state index in [0.29, 0.717) is 26.2 Å². The molecule has 1 aliphatic heterocycles. The molecule has 0 radical (unpaired) electrons. The van der Waals surface area contributed by atoms with Gasteiger partial charge in [-0.15, -0.1) is 11.3 Å². The van der Waals surface area contributed by atoms with Crippen molar-refractivity contribution in [2.45, 2.75) is 26.3 Å². The Morgan fingerprint density at radius 2 is 2.32 bits per heavy atom. The molecule has 6 heteroatoms. The predicted octanol–water partition coefficient (Wildman–Crippen LogP) is 1.78. The normalized spacial score (nSPS) is 18.2. The fourth-order valence-corrected chi connectivity index (χ4v) is 3.09. The Hall–Kier alpha value is -0.980. The van der Waals surface area contributed by atoms with Crippen molar-refractivity contribution in [2.75, 3.05) is 32.9 Å². The monoisotopic (exact) mass is 284 g/mol. The third-order valence-corrected chi connectivity index (χ3v) is 4.14. The van der Waals surface area contributed by atoms with Gasteiger partial charge in [0.2, 0.25) is 0 Å². The molecule has 1 unspecified atom stereocenters. The smallest absolute Gasteiger partial charge is 0.307 e. The van der Waals surface area contributed by atoms with Crippen molar-refractivity contribution in [3.63, 3.8) is 0 Å². The van der Waals surface area contributed by atoms with Gasteiger partial charge >= 0.3 is 5.97 Å². The molecule has 0 amide bonds. The number of rotatable bonds is 5. The molecular formula is C13H20N2O3S. The number of morpholine rings is 1. The molecule has 1 aromatic heterocycles. The minimum Gasteiger partial charge on any atom is -0.466 e. The van der Waals surface area contributed by atoms with Gasteiger partial charge < -0.3 is 9.47 Å². The highest BCUT2D eigenvalue weighted by atomic mass is 32.1. The quantitative estimate of drug-likeness (QED) is 0.771. The number of aryl methyl sites for hydroxylation is 1. The highest BCUT2D eigenvalue weighted by Crippen LogP contribution is 2.28. The van der Waals surface area contributed by atoms with Crippen molar-refractivity contribution in [1.82, 2.24) is 9.88 Å². The van der Waals surface area contributed by atoms with Crippen LogP contribution in [-0.2, 0) is 14.3 Å². The first kappa shape index (κ1) is 14.4. The summed E-state index contributed by atoms with van der Waals surface area (Å²) in [6, 6.07) is 0.0154. The van der Waals surface area contributed by atoms with Crippen molar-refractivity contribution in [1.29, 1.82) is 0 Å². The summed E-state index contributed by atoms with van der Waals surface area (Å²) >= 11 is 1.61. The van der Waals surface area contributed by atoms with Crippen LogP contribution in [0.5, 0.6) is 0 Å². The Kier molecular flexibility index (Phi) is 5.30. The average molecular weight is 284 g/mol. The van der Waals surface area contributed by atoms with E-state index in [1.165, 1.54) is 0 Å². The van der Waals surface area contributed by atoms with Gasteiger partial charge in [-0.05, 0) is 13.8 Å². The van der Waals surface area contributed by atoms with Crippen LogP contribution in [-0.4, -0.2) is 48.8 Å². The molecule has 5 nitrogen and oxygen atoms in total. The van der Waals surface area contributed by atoms with Gasteiger partial charge in [-0.2, -0.15) is 0 Å². The fourth-order valence-electron chi connectivity index (χ4n) is 2.16. The summed E-state index contributed by atoms with van der Waals surface area (Å²) in [7, 11) is 0. The van der Waals surface area contributed by atoms with E-state index >= 15 is 0 Å². The van der Waals surface area contributed by atoms with Crippen molar-refractivity contribution in [3.8, 4) is 0 Å². The minimum atomic E-state index is -0.160. The van der Waals surface area contributed by atoms with Crippen LogP contribution in [0.15, 0.2) is 5.38 Å². The molecule has 2 heterocycles. The molecule has 2 rings (SSSR count). The first-order valence-electron chi connectivity index (χ1n) is 6.60. The largest absolute Gasteiger partial charge is 0.466 e. The number of thiazole rings is 1. The van der Waals surface area contributed by atoms with Crippen LogP contribution in [0.4, 0.5) is 0 Å². The molecule has 1 fully saturated rings. The SMILES string of the molecule is CCOC(=O)CC(c1nc(C)cs1)N1CCOCC1. The van der Waals surface area contributed by atoms with Gasteiger partial charge in [0.15, 0.2) is 0 Å². The maximum Gasteiger partial charge on any atom is 0.307 e. The summed E-state index contributed by atoms with van der Waals surface area (Å²) in [5.74, 6) is -0.160. The van der Waals surface area contributed by atoms with Gasteiger partial charge in [-0.25, -0.2) is 4.98 Å². The van der Waals surface area contributed by atoms with Crippen molar-refractivity contribution in [3.05, 3.63) is 16.1 Å². The van der Waals surface area contributed by atoms with E-state index in [1.807, 2.05) is 19.2 Å². The molecule has 1 aliphatic rings. The van der Waals surface area contributed by atoms with E-state index in [2.05, 4.69) is 9.88 Å². The number of esters is 1. The topological polar surface area (TPSA) is 51.7 Å². The Morgan fingerprint density at radius 3 is 2.89 bits per heavy atom. The van der Waals surface area contributed by atoms with Gasteiger partial charge in [0.25, 0.3) is 0 Å². The summed E-state index contributed by atoms with van der Waals surface area (Å²) in [6.07, 6.45) is 0.362. The zero-order valence-corrected chi connectivity index (χ0v) is 12.2. The number of nitrogens with zero attached hydrogens (tertiary/aromatic N) is 2. The second-order valence-electron chi connectivity index (χ2n) is 4.50. The Balaban J connectivity index is 2.10. The first-order valence-corrected chi connectivity index (χ1v) is 7.48. The second kappa shape index (κ2) is 6.98. The molecule has 106 valence electrons. The van der Waals surface area contributed by atoms with Crippen molar-refractivity contribution >= 4 is 17.3 Å². The molecule has 1 saturated heterocycles. The predicted molar refractivity (Wildman–Crippen MR) is 73.2 cm³/mol. The number of carbonyl (C=O) groups is 1. The van der Waals surface area contributed by atoms with E-state index in [0.717, 1.165) is 23.8 Å². The number of hydrogen-bond acceptors (Lipinski definition) is 6. The number of aromatic nitrogens is 1. The Bertz CT molecular complexity index is 416. The van der Waals surface area contributed by atoms with Crippen LogP contribution in [0.2, 0.25) is 0 Å². The molecule has 19 heavy (non-hydrogen) atoms. The lowest BCUT2D eigenvalue weighted by Crippen LogP contribution is -2.40. The summed E-state index contributed by atoms with van der Waals surface area (Å²) in [6.45, 7) is 7.32. The first-order chi connectivity index (χ1) is 9.20. The van der Waals surface area contributed by atoms with Crippen LogP contribution in [0.25, 0.3) is 0 Å². The molecule has 0 aromatic carbocycles. The van der Waals surface area contributed by atoms with E-state index < -0.39 is 0 Å². The number of carbonyl (C=O) groups excluding carboxylic acids is 1. The fraction of sp³-hybridized carbons (Fsp3) is 0.692. The van der Waals surface area contributed by atoms with Gasteiger partial charge in [-0.3, -0.25) is 9.69 Å². The lowest BCUT2D eigenvalue weighted by Gasteiger charge is -2.32. The summed E-state index contributed by atoms with van der Waals surface area (Å²) in [5.41, 5.74) is 1.00. The Morgan fingerprint density at radius 1 is 1.58 bits per heavy atom. The van der Waals surface area contributed by atoms with Crippen LogP contribution < -0.4 is 0 Å². The molecule has 0 saturated carbocycles. The maximum atomic E-state index is 11.8. The third-order valence-electron chi connectivity index (χ3n) is 3.07. The molecular weight excluding hydrogens is 264 g/mol. The minimum absolute atomic E-state index is 0.0154. The van der Waals surface area contributed by atoms with E-state index in [-0.39, 0.29) is 12.0 Å². The summed E-state index contributed by atoms with van der Waals surface area (Å²) in [5, 5.41) is 3.01. The maximum absolute atomic E-state index is 11.8. The van der Waals surface area contributed by atoms with E-state index in [1.54, 1.807) is 11.3 Å². The third kappa shape index (κ3) is 3.99. The van der Waals surface area contributed by atoms with Crippen LogP contribution in [0.3, 0.4) is 0 Å². The zero-order valence-electron chi connectivity index (χ0n) is 11.4. The molecule has 1 atom stereocenters. The van der Waals surface area contributed by atoms with Crippen LogP contribution in [0.1, 0.15) is 30.1 Å². The lowest BCUT2D eigenvalue weighted by molar-refractivity contribution is -0.145. The van der Waals surface area contributed by atoms with Gasteiger partial charge in [0.1, 0.15) is 5.01 Å². The molecule has 1 aromatic rings. The zero-order chi connectivity index (χ0) is 13.7. The summed E-state index contributed by atoms with van der Waals surface area (Å²) < 4.78 is 10.4. The highest BCUT2D eigenvalue weighted by molar-refractivity contribution is 7.09.